The first kappa shape index (κ1) is 24.4. The van der Waals surface area contributed by atoms with Crippen molar-refractivity contribution < 1.29 is 9.18 Å². The van der Waals surface area contributed by atoms with Crippen LogP contribution in [-0.4, -0.2) is 15.9 Å². The van der Waals surface area contributed by atoms with Crippen LogP contribution in [0.1, 0.15) is 28.5 Å². The number of carbonyl (C=O) groups excluding carboxylic acids is 1. The topological polar surface area (TPSA) is 54.9 Å². The van der Waals surface area contributed by atoms with Crippen LogP contribution >= 0.6 is 39.5 Å². The molecule has 1 heterocycles. The molecule has 0 bridgehead atoms. The first-order valence-corrected chi connectivity index (χ1v) is 13.2. The van der Waals surface area contributed by atoms with Crippen molar-refractivity contribution in [3.8, 4) is 0 Å². The Hall–Kier alpha value is -2.68. The van der Waals surface area contributed by atoms with Crippen LogP contribution in [0.3, 0.4) is 0 Å². The summed E-state index contributed by atoms with van der Waals surface area (Å²) in [5, 5.41) is 3.43. The molecule has 0 unspecified atom stereocenters. The zero-order chi connectivity index (χ0) is 23.9. The largest absolute Gasteiger partial charge is 0.321 e. The second-order valence-electron chi connectivity index (χ2n) is 7.34. The Kier molecular flexibility index (Phi) is 8.37. The fraction of sp³-hybridized carbons (Fsp3) is 0.115. The Labute approximate surface area is 214 Å². The van der Waals surface area contributed by atoms with Crippen molar-refractivity contribution >= 4 is 51.0 Å². The molecule has 0 saturated carbocycles. The Morgan fingerprint density at radius 3 is 2.32 bits per heavy atom. The highest BCUT2D eigenvalue weighted by Gasteiger charge is 2.17. The van der Waals surface area contributed by atoms with Gasteiger partial charge in [-0.15, -0.1) is 0 Å². The lowest BCUT2D eigenvalue weighted by atomic mass is 10.1. The van der Waals surface area contributed by atoms with E-state index in [4.69, 9.17) is 0 Å². The van der Waals surface area contributed by atoms with Crippen molar-refractivity contribution in [1.29, 1.82) is 0 Å². The smallest absolute Gasteiger partial charge is 0.275 e. The first-order chi connectivity index (χ1) is 16.5. The monoisotopic (exact) mass is 553 g/mol. The SMILES string of the molecule is CCc1ccc(NC(=O)c2nc(SCc3ccc(F)cc3)ncc2Sc2ccc(Br)cc2)cc1. The van der Waals surface area contributed by atoms with E-state index in [1.54, 1.807) is 18.3 Å². The van der Waals surface area contributed by atoms with Gasteiger partial charge in [-0.2, -0.15) is 0 Å². The summed E-state index contributed by atoms with van der Waals surface area (Å²) in [6.45, 7) is 2.09. The minimum atomic E-state index is -0.296. The van der Waals surface area contributed by atoms with E-state index in [1.807, 2.05) is 48.5 Å². The van der Waals surface area contributed by atoms with Crippen LogP contribution in [0.5, 0.6) is 0 Å². The molecule has 0 saturated heterocycles. The number of thioether (sulfide) groups is 1. The summed E-state index contributed by atoms with van der Waals surface area (Å²) < 4.78 is 14.2. The molecule has 34 heavy (non-hydrogen) atoms. The van der Waals surface area contributed by atoms with Crippen molar-refractivity contribution in [3.05, 3.63) is 106 Å². The van der Waals surface area contributed by atoms with Gasteiger partial charge in [0.1, 0.15) is 11.5 Å². The minimum absolute atomic E-state index is 0.273. The van der Waals surface area contributed by atoms with Gasteiger partial charge in [-0.25, -0.2) is 14.4 Å². The fourth-order valence-corrected chi connectivity index (χ4v) is 4.94. The van der Waals surface area contributed by atoms with E-state index in [2.05, 4.69) is 38.1 Å². The van der Waals surface area contributed by atoms with E-state index < -0.39 is 0 Å². The van der Waals surface area contributed by atoms with Gasteiger partial charge in [0.05, 0.1) is 4.90 Å². The van der Waals surface area contributed by atoms with Crippen molar-refractivity contribution in [3.63, 3.8) is 0 Å². The van der Waals surface area contributed by atoms with Gasteiger partial charge < -0.3 is 5.32 Å². The lowest BCUT2D eigenvalue weighted by Crippen LogP contribution is -2.16. The number of aryl methyl sites for hydroxylation is 1. The van der Waals surface area contributed by atoms with Crippen molar-refractivity contribution in [1.82, 2.24) is 9.97 Å². The molecule has 0 spiro atoms. The molecular weight excluding hydrogens is 533 g/mol. The summed E-state index contributed by atoms with van der Waals surface area (Å²) >= 11 is 6.28. The molecule has 4 rings (SSSR count). The van der Waals surface area contributed by atoms with E-state index in [1.165, 1.54) is 41.2 Å². The predicted molar refractivity (Wildman–Crippen MR) is 140 cm³/mol. The van der Waals surface area contributed by atoms with Gasteiger partial charge in [-0.3, -0.25) is 4.79 Å². The maximum atomic E-state index is 13.2. The maximum Gasteiger partial charge on any atom is 0.275 e. The number of aromatic nitrogens is 2. The molecule has 8 heteroatoms. The number of hydrogen-bond donors (Lipinski definition) is 1. The zero-order valence-corrected chi connectivity index (χ0v) is 21.5. The molecule has 0 aliphatic carbocycles. The van der Waals surface area contributed by atoms with Crippen LogP contribution in [0.15, 0.2) is 98.4 Å². The molecule has 172 valence electrons. The summed E-state index contributed by atoms with van der Waals surface area (Å²) in [7, 11) is 0. The third kappa shape index (κ3) is 6.68. The first-order valence-electron chi connectivity index (χ1n) is 10.6. The Bertz CT molecular complexity index is 1270. The Morgan fingerprint density at radius 2 is 1.65 bits per heavy atom. The van der Waals surface area contributed by atoms with Gasteiger partial charge in [-0.05, 0) is 66.1 Å². The van der Waals surface area contributed by atoms with E-state index >= 15 is 0 Å². The molecule has 3 aromatic carbocycles. The minimum Gasteiger partial charge on any atom is -0.321 e. The quantitative estimate of drug-likeness (QED) is 0.179. The molecule has 1 N–H and O–H groups in total. The second-order valence-corrected chi connectivity index (χ2v) is 10.3. The lowest BCUT2D eigenvalue weighted by molar-refractivity contribution is 0.101. The molecule has 4 nitrogen and oxygen atoms in total. The van der Waals surface area contributed by atoms with Crippen LogP contribution in [0.2, 0.25) is 0 Å². The van der Waals surface area contributed by atoms with E-state index in [9.17, 15) is 9.18 Å². The number of amides is 1. The highest BCUT2D eigenvalue weighted by Crippen LogP contribution is 2.32. The molecule has 0 fully saturated rings. The third-order valence-corrected chi connectivity index (χ3v) is 7.38. The summed E-state index contributed by atoms with van der Waals surface area (Å²) in [6.07, 6.45) is 2.62. The molecular formula is C26H21BrFN3OS2. The van der Waals surface area contributed by atoms with Gasteiger partial charge in [0, 0.05) is 27.0 Å². The molecule has 0 radical (unpaired) electrons. The predicted octanol–water partition coefficient (Wildman–Crippen LogP) is 7.64. The van der Waals surface area contributed by atoms with Crippen LogP contribution in [0.25, 0.3) is 0 Å². The molecule has 1 amide bonds. The number of anilines is 1. The van der Waals surface area contributed by atoms with Crippen molar-refractivity contribution in [2.75, 3.05) is 5.32 Å². The number of benzene rings is 3. The van der Waals surface area contributed by atoms with Gasteiger partial charge in [-0.1, -0.05) is 70.6 Å². The van der Waals surface area contributed by atoms with Crippen LogP contribution in [0.4, 0.5) is 10.1 Å². The van der Waals surface area contributed by atoms with Crippen LogP contribution < -0.4 is 5.32 Å². The van der Waals surface area contributed by atoms with Gasteiger partial charge >= 0.3 is 0 Å². The third-order valence-electron chi connectivity index (χ3n) is 4.89. The molecule has 0 atom stereocenters. The number of nitrogens with one attached hydrogen (secondary N) is 1. The summed E-state index contributed by atoms with van der Waals surface area (Å²) in [4.78, 5) is 23.9. The number of halogens is 2. The van der Waals surface area contributed by atoms with E-state index in [0.717, 1.165) is 21.4 Å². The van der Waals surface area contributed by atoms with E-state index in [0.29, 0.717) is 27.2 Å². The average molecular weight is 555 g/mol. The molecule has 4 aromatic rings. The highest BCUT2D eigenvalue weighted by molar-refractivity contribution is 9.10. The van der Waals surface area contributed by atoms with Gasteiger partial charge in [0.15, 0.2) is 5.16 Å². The summed E-state index contributed by atoms with van der Waals surface area (Å²) in [5.74, 6) is -0.000843. The lowest BCUT2D eigenvalue weighted by Gasteiger charge is -2.11. The van der Waals surface area contributed by atoms with Crippen LogP contribution in [-0.2, 0) is 12.2 Å². The maximum absolute atomic E-state index is 13.2. The van der Waals surface area contributed by atoms with Gasteiger partial charge in [0.25, 0.3) is 5.91 Å². The fourth-order valence-electron chi connectivity index (χ4n) is 3.03. The van der Waals surface area contributed by atoms with Crippen molar-refractivity contribution in [2.45, 2.75) is 34.0 Å². The van der Waals surface area contributed by atoms with E-state index in [-0.39, 0.29) is 11.7 Å². The number of carbonyl (C=O) groups is 1. The Morgan fingerprint density at radius 1 is 0.971 bits per heavy atom. The van der Waals surface area contributed by atoms with Crippen LogP contribution in [0, 0.1) is 5.82 Å². The molecule has 1 aromatic heterocycles. The zero-order valence-electron chi connectivity index (χ0n) is 18.3. The van der Waals surface area contributed by atoms with Gasteiger partial charge in [0.2, 0.25) is 0 Å². The number of nitrogens with zero attached hydrogens (tertiary/aromatic N) is 2. The normalized spacial score (nSPS) is 10.8. The standard InChI is InChI=1S/C26H21BrFN3OS2/c1-2-17-5-11-21(12-6-17)30-25(32)24-23(34-22-13-7-19(27)8-14-22)15-29-26(31-24)33-16-18-3-9-20(28)10-4-18/h3-15H,2,16H2,1H3,(H,30,32). The molecule has 0 aliphatic rings. The Balaban J connectivity index is 1.58. The summed E-state index contributed by atoms with van der Waals surface area (Å²) in [6, 6.07) is 21.9. The average Bonchev–Trinajstić information content (AvgIpc) is 2.86. The summed E-state index contributed by atoms with van der Waals surface area (Å²) in [5.41, 5.74) is 3.17. The molecule has 0 aliphatic heterocycles. The van der Waals surface area contributed by atoms with Crippen molar-refractivity contribution in [2.24, 2.45) is 0 Å². The highest BCUT2D eigenvalue weighted by atomic mass is 79.9. The second kappa shape index (κ2) is 11.6. The number of rotatable bonds is 8. The number of hydrogen-bond acceptors (Lipinski definition) is 5.